The highest BCUT2D eigenvalue weighted by Crippen LogP contribution is 2.36. The second kappa shape index (κ2) is 7.22. The van der Waals surface area contributed by atoms with Crippen LogP contribution in [-0.2, 0) is 0 Å². The molecule has 1 aromatic carbocycles. The van der Waals surface area contributed by atoms with E-state index in [2.05, 4.69) is 13.8 Å². The zero-order valence-electron chi connectivity index (χ0n) is 11.2. The summed E-state index contributed by atoms with van der Waals surface area (Å²) in [6, 6.07) is 3.48. The lowest BCUT2D eigenvalue weighted by atomic mass is 9.92. The molecule has 0 aliphatic carbocycles. The van der Waals surface area contributed by atoms with E-state index in [-0.39, 0.29) is 6.04 Å². The predicted octanol–water partition coefficient (Wildman–Crippen LogP) is 4.83. The van der Waals surface area contributed by atoms with E-state index < -0.39 is 0 Å². The Morgan fingerprint density at radius 1 is 1.22 bits per heavy atom. The number of nitrogens with two attached hydrogens (primary N) is 1. The first-order valence-electron chi connectivity index (χ1n) is 6.38. The molecule has 0 bridgehead atoms. The Kier molecular flexibility index (Phi) is 6.27. The molecule has 0 amide bonds. The topological polar surface area (TPSA) is 35.2 Å². The maximum atomic E-state index is 6.26. The van der Waals surface area contributed by atoms with Crippen LogP contribution in [0.3, 0.4) is 0 Å². The summed E-state index contributed by atoms with van der Waals surface area (Å²) in [4.78, 5) is 0. The van der Waals surface area contributed by atoms with Crippen molar-refractivity contribution in [3.8, 4) is 5.75 Å². The van der Waals surface area contributed by atoms with E-state index in [1.54, 1.807) is 6.07 Å². The van der Waals surface area contributed by atoms with Crippen LogP contribution in [-0.4, -0.2) is 6.61 Å². The first-order chi connectivity index (χ1) is 8.51. The van der Waals surface area contributed by atoms with Crippen molar-refractivity contribution in [2.45, 2.75) is 39.7 Å². The monoisotopic (exact) mass is 289 g/mol. The molecule has 18 heavy (non-hydrogen) atoms. The molecule has 102 valence electrons. The molecule has 1 rings (SSSR count). The lowest BCUT2D eigenvalue weighted by Gasteiger charge is -2.21. The van der Waals surface area contributed by atoms with E-state index in [1.165, 1.54) is 0 Å². The molecule has 0 radical (unpaired) electrons. The third-order valence-electron chi connectivity index (χ3n) is 3.07. The fourth-order valence-corrected chi connectivity index (χ4v) is 2.51. The van der Waals surface area contributed by atoms with Crippen LogP contribution in [0.15, 0.2) is 12.1 Å². The number of hydrogen-bond donors (Lipinski definition) is 1. The minimum Gasteiger partial charge on any atom is -0.492 e. The van der Waals surface area contributed by atoms with Crippen LogP contribution in [0.5, 0.6) is 5.75 Å². The van der Waals surface area contributed by atoms with Crippen molar-refractivity contribution in [2.24, 2.45) is 11.7 Å². The second-order valence-electron chi connectivity index (χ2n) is 4.53. The van der Waals surface area contributed by atoms with E-state index in [0.717, 1.165) is 18.4 Å². The number of halogens is 2. The van der Waals surface area contributed by atoms with Gasteiger partial charge in [0, 0.05) is 17.1 Å². The Hall–Kier alpha value is -0.440. The molecule has 0 saturated carbocycles. The van der Waals surface area contributed by atoms with Crippen molar-refractivity contribution in [3.63, 3.8) is 0 Å². The van der Waals surface area contributed by atoms with Gasteiger partial charge < -0.3 is 10.5 Å². The van der Waals surface area contributed by atoms with Gasteiger partial charge in [-0.05, 0) is 30.9 Å². The number of benzene rings is 1. The summed E-state index contributed by atoms with van der Waals surface area (Å²) in [7, 11) is 0. The molecule has 2 atom stereocenters. The van der Waals surface area contributed by atoms with Crippen LogP contribution in [0.2, 0.25) is 10.0 Å². The van der Waals surface area contributed by atoms with E-state index >= 15 is 0 Å². The standard InChI is InChI=1S/C14H21Cl2NO/c1-4-6-9(3)14(17)10-7-12(16)13(18-5-2)8-11(10)15/h7-9,14H,4-6,17H2,1-3H3. The molecule has 0 aromatic heterocycles. The fourth-order valence-electron chi connectivity index (χ4n) is 2.01. The molecule has 0 saturated heterocycles. The summed E-state index contributed by atoms with van der Waals surface area (Å²) in [6.45, 7) is 6.76. The molecular weight excluding hydrogens is 269 g/mol. The van der Waals surface area contributed by atoms with Crippen LogP contribution in [0.1, 0.15) is 45.2 Å². The average molecular weight is 290 g/mol. The van der Waals surface area contributed by atoms with Gasteiger partial charge in [-0.2, -0.15) is 0 Å². The van der Waals surface area contributed by atoms with Crippen LogP contribution in [0.4, 0.5) is 0 Å². The van der Waals surface area contributed by atoms with Crippen molar-refractivity contribution in [1.29, 1.82) is 0 Å². The summed E-state index contributed by atoms with van der Waals surface area (Å²) in [5.41, 5.74) is 7.13. The Morgan fingerprint density at radius 2 is 1.89 bits per heavy atom. The molecular formula is C14H21Cl2NO. The van der Waals surface area contributed by atoms with Crippen molar-refractivity contribution in [3.05, 3.63) is 27.7 Å². The van der Waals surface area contributed by atoms with Gasteiger partial charge in [0.25, 0.3) is 0 Å². The van der Waals surface area contributed by atoms with Gasteiger partial charge in [0.15, 0.2) is 0 Å². The van der Waals surface area contributed by atoms with Crippen LogP contribution >= 0.6 is 23.2 Å². The van der Waals surface area contributed by atoms with Gasteiger partial charge in [0.05, 0.1) is 11.6 Å². The van der Waals surface area contributed by atoms with Crippen LogP contribution in [0, 0.1) is 5.92 Å². The summed E-state index contributed by atoms with van der Waals surface area (Å²) in [5.74, 6) is 0.991. The maximum absolute atomic E-state index is 6.26. The highest BCUT2D eigenvalue weighted by atomic mass is 35.5. The van der Waals surface area contributed by atoms with Gasteiger partial charge in [-0.3, -0.25) is 0 Å². The molecule has 0 fully saturated rings. The summed E-state index contributed by atoms with van der Waals surface area (Å²) in [6.07, 6.45) is 2.18. The first kappa shape index (κ1) is 15.6. The second-order valence-corrected chi connectivity index (χ2v) is 5.34. The largest absolute Gasteiger partial charge is 0.492 e. The van der Waals surface area contributed by atoms with Crippen LogP contribution < -0.4 is 10.5 Å². The number of hydrogen-bond acceptors (Lipinski definition) is 2. The molecule has 1 aromatic rings. The molecule has 2 unspecified atom stereocenters. The fraction of sp³-hybridized carbons (Fsp3) is 0.571. The third-order valence-corrected chi connectivity index (χ3v) is 3.69. The Balaban J connectivity index is 2.99. The summed E-state index contributed by atoms with van der Waals surface area (Å²) >= 11 is 12.4. The molecule has 0 heterocycles. The quantitative estimate of drug-likeness (QED) is 0.814. The van der Waals surface area contributed by atoms with Crippen LogP contribution in [0.25, 0.3) is 0 Å². The van der Waals surface area contributed by atoms with E-state index in [0.29, 0.717) is 28.3 Å². The zero-order chi connectivity index (χ0) is 13.7. The van der Waals surface area contributed by atoms with E-state index in [9.17, 15) is 0 Å². The molecule has 2 nitrogen and oxygen atoms in total. The Labute approximate surface area is 119 Å². The molecule has 4 heteroatoms. The lowest BCUT2D eigenvalue weighted by molar-refractivity contribution is 0.340. The smallest absolute Gasteiger partial charge is 0.139 e. The number of rotatable bonds is 6. The predicted molar refractivity (Wildman–Crippen MR) is 78.6 cm³/mol. The van der Waals surface area contributed by atoms with Gasteiger partial charge in [-0.1, -0.05) is 43.5 Å². The van der Waals surface area contributed by atoms with Gasteiger partial charge >= 0.3 is 0 Å². The maximum Gasteiger partial charge on any atom is 0.139 e. The van der Waals surface area contributed by atoms with Crippen molar-refractivity contribution in [1.82, 2.24) is 0 Å². The van der Waals surface area contributed by atoms with E-state index in [1.807, 2.05) is 13.0 Å². The molecule has 0 aliphatic rings. The normalized spacial score (nSPS) is 14.3. The first-order valence-corrected chi connectivity index (χ1v) is 7.14. The highest BCUT2D eigenvalue weighted by Gasteiger charge is 2.19. The van der Waals surface area contributed by atoms with Gasteiger partial charge in [-0.15, -0.1) is 0 Å². The van der Waals surface area contributed by atoms with Crippen molar-refractivity contribution < 1.29 is 4.74 Å². The highest BCUT2D eigenvalue weighted by molar-refractivity contribution is 6.34. The minimum atomic E-state index is -0.0920. The third kappa shape index (κ3) is 3.78. The molecule has 0 spiro atoms. The van der Waals surface area contributed by atoms with E-state index in [4.69, 9.17) is 33.7 Å². The van der Waals surface area contributed by atoms with Crippen molar-refractivity contribution >= 4 is 23.2 Å². The van der Waals surface area contributed by atoms with Gasteiger partial charge in [0.2, 0.25) is 0 Å². The lowest BCUT2D eigenvalue weighted by Crippen LogP contribution is -2.19. The summed E-state index contributed by atoms with van der Waals surface area (Å²) < 4.78 is 5.40. The molecule has 0 aliphatic heterocycles. The SMILES string of the molecule is CCCC(C)C(N)c1cc(Cl)c(OCC)cc1Cl. The molecule has 2 N–H and O–H groups in total. The Morgan fingerprint density at radius 3 is 2.44 bits per heavy atom. The minimum absolute atomic E-state index is 0.0920. The zero-order valence-corrected chi connectivity index (χ0v) is 12.7. The van der Waals surface area contributed by atoms with Crippen molar-refractivity contribution in [2.75, 3.05) is 6.61 Å². The van der Waals surface area contributed by atoms with Gasteiger partial charge in [0.1, 0.15) is 5.75 Å². The summed E-state index contributed by atoms with van der Waals surface area (Å²) in [5, 5.41) is 1.19. The average Bonchev–Trinajstić information content (AvgIpc) is 2.33. The van der Waals surface area contributed by atoms with Gasteiger partial charge in [-0.25, -0.2) is 0 Å². The Bertz CT molecular complexity index is 396. The number of ether oxygens (including phenoxy) is 1.